The first kappa shape index (κ1) is 12.4. The lowest BCUT2D eigenvalue weighted by Gasteiger charge is -2.25. The van der Waals surface area contributed by atoms with Gasteiger partial charge in [-0.3, -0.25) is 0 Å². The molecule has 0 bridgehead atoms. The SMILES string of the molecule is Cc1ccc2c(c1)C1(C=CC=CC=C1)c1cc(C)ccc1-2. The molecule has 2 aliphatic rings. The molecule has 0 nitrogen and oxygen atoms in total. The summed E-state index contributed by atoms with van der Waals surface area (Å²) in [7, 11) is 0. The van der Waals surface area contributed by atoms with Crippen LogP contribution >= 0.6 is 0 Å². The van der Waals surface area contributed by atoms with Gasteiger partial charge in [0.1, 0.15) is 0 Å². The van der Waals surface area contributed by atoms with Crippen molar-refractivity contribution >= 4 is 0 Å². The number of benzene rings is 2. The van der Waals surface area contributed by atoms with E-state index in [9.17, 15) is 0 Å². The predicted molar refractivity (Wildman–Crippen MR) is 89.6 cm³/mol. The Kier molecular flexibility index (Phi) is 2.56. The first-order valence-electron chi connectivity index (χ1n) is 7.47. The van der Waals surface area contributed by atoms with Gasteiger partial charge in [-0.1, -0.05) is 84.0 Å². The molecule has 0 aliphatic heterocycles. The van der Waals surface area contributed by atoms with Crippen LogP contribution in [0.4, 0.5) is 0 Å². The monoisotopic (exact) mass is 270 g/mol. The fourth-order valence-corrected chi connectivity index (χ4v) is 3.57. The highest BCUT2D eigenvalue weighted by atomic mass is 14.4. The molecule has 2 aliphatic carbocycles. The fourth-order valence-electron chi connectivity index (χ4n) is 3.57. The molecule has 2 aromatic carbocycles. The summed E-state index contributed by atoms with van der Waals surface area (Å²) in [4.78, 5) is 0. The van der Waals surface area contributed by atoms with Crippen molar-refractivity contribution in [2.24, 2.45) is 0 Å². The minimum Gasteiger partial charge on any atom is -0.0658 e. The van der Waals surface area contributed by atoms with E-state index in [0.29, 0.717) is 0 Å². The molecule has 0 atom stereocenters. The quantitative estimate of drug-likeness (QED) is 0.613. The molecule has 0 N–H and O–H groups in total. The Balaban J connectivity index is 2.12. The molecule has 4 rings (SSSR count). The lowest BCUT2D eigenvalue weighted by Crippen LogP contribution is -2.19. The largest absolute Gasteiger partial charge is 0.0658 e. The summed E-state index contributed by atoms with van der Waals surface area (Å²) >= 11 is 0. The zero-order valence-corrected chi connectivity index (χ0v) is 12.4. The molecule has 0 aromatic heterocycles. The molecular formula is C21H18. The first-order valence-corrected chi connectivity index (χ1v) is 7.47. The molecule has 0 saturated heterocycles. The van der Waals surface area contributed by atoms with Crippen LogP contribution in [0.5, 0.6) is 0 Å². The van der Waals surface area contributed by atoms with Crippen molar-refractivity contribution in [3.63, 3.8) is 0 Å². The maximum atomic E-state index is 2.34. The van der Waals surface area contributed by atoms with Gasteiger partial charge in [-0.25, -0.2) is 0 Å². The number of rotatable bonds is 0. The van der Waals surface area contributed by atoms with E-state index >= 15 is 0 Å². The van der Waals surface area contributed by atoms with Crippen molar-refractivity contribution < 1.29 is 0 Å². The third-order valence-electron chi connectivity index (χ3n) is 4.58. The van der Waals surface area contributed by atoms with Crippen molar-refractivity contribution in [3.05, 3.63) is 95.1 Å². The first-order chi connectivity index (χ1) is 10.2. The molecule has 21 heavy (non-hydrogen) atoms. The Morgan fingerprint density at radius 3 is 1.57 bits per heavy atom. The highest BCUT2D eigenvalue weighted by Crippen LogP contribution is 2.51. The maximum Gasteiger partial charge on any atom is 0.0581 e. The minimum absolute atomic E-state index is 0.119. The van der Waals surface area contributed by atoms with Gasteiger partial charge < -0.3 is 0 Å². The smallest absolute Gasteiger partial charge is 0.0581 e. The molecular weight excluding hydrogens is 252 g/mol. The van der Waals surface area contributed by atoms with Gasteiger partial charge in [0.05, 0.1) is 5.41 Å². The van der Waals surface area contributed by atoms with Crippen LogP contribution in [0, 0.1) is 13.8 Å². The van der Waals surface area contributed by atoms with Crippen molar-refractivity contribution in [2.45, 2.75) is 19.3 Å². The van der Waals surface area contributed by atoms with Crippen LogP contribution in [0.15, 0.2) is 72.9 Å². The van der Waals surface area contributed by atoms with E-state index in [2.05, 4.69) is 86.7 Å². The molecule has 0 unspecified atom stereocenters. The summed E-state index contributed by atoms with van der Waals surface area (Å²) in [5, 5.41) is 0. The van der Waals surface area contributed by atoms with E-state index < -0.39 is 0 Å². The number of hydrogen-bond donors (Lipinski definition) is 0. The zero-order valence-electron chi connectivity index (χ0n) is 12.4. The van der Waals surface area contributed by atoms with Crippen LogP contribution in [0.1, 0.15) is 22.3 Å². The van der Waals surface area contributed by atoms with E-state index in [4.69, 9.17) is 0 Å². The van der Waals surface area contributed by atoms with Crippen LogP contribution in [0.2, 0.25) is 0 Å². The molecule has 0 radical (unpaired) electrons. The van der Waals surface area contributed by atoms with E-state index in [-0.39, 0.29) is 5.41 Å². The predicted octanol–water partition coefficient (Wildman–Crippen LogP) is 5.25. The Bertz CT molecular complexity index is 746. The van der Waals surface area contributed by atoms with Crippen LogP contribution in [-0.4, -0.2) is 0 Å². The van der Waals surface area contributed by atoms with Gasteiger partial charge in [-0.05, 0) is 36.1 Å². The highest BCUT2D eigenvalue weighted by molar-refractivity contribution is 5.84. The number of fused-ring (bicyclic) bond motifs is 5. The third-order valence-corrected chi connectivity index (χ3v) is 4.58. The van der Waals surface area contributed by atoms with Crippen LogP contribution in [0.3, 0.4) is 0 Å². The van der Waals surface area contributed by atoms with Gasteiger partial charge in [0.25, 0.3) is 0 Å². The summed E-state index contributed by atoms with van der Waals surface area (Å²) in [6.07, 6.45) is 13.2. The Morgan fingerprint density at radius 2 is 1.10 bits per heavy atom. The molecule has 0 amide bonds. The van der Waals surface area contributed by atoms with Crippen molar-refractivity contribution in [1.29, 1.82) is 0 Å². The van der Waals surface area contributed by atoms with E-state index in [1.54, 1.807) is 0 Å². The van der Waals surface area contributed by atoms with Gasteiger partial charge >= 0.3 is 0 Å². The lowest BCUT2D eigenvalue weighted by molar-refractivity contribution is 0.843. The molecule has 102 valence electrons. The van der Waals surface area contributed by atoms with E-state index in [0.717, 1.165) is 0 Å². The summed E-state index contributed by atoms with van der Waals surface area (Å²) in [6, 6.07) is 13.6. The minimum atomic E-state index is -0.119. The van der Waals surface area contributed by atoms with Crippen LogP contribution in [0.25, 0.3) is 11.1 Å². The summed E-state index contributed by atoms with van der Waals surface area (Å²) < 4.78 is 0. The molecule has 0 fully saturated rings. The second-order valence-electron chi connectivity index (χ2n) is 6.07. The number of aryl methyl sites for hydroxylation is 2. The average Bonchev–Trinajstić information content (AvgIpc) is 2.65. The van der Waals surface area contributed by atoms with Gasteiger partial charge in [0.15, 0.2) is 0 Å². The normalized spacial score (nSPS) is 16.9. The second kappa shape index (κ2) is 4.33. The summed E-state index contributed by atoms with van der Waals surface area (Å²) in [5.74, 6) is 0. The second-order valence-corrected chi connectivity index (χ2v) is 6.07. The molecule has 0 heteroatoms. The van der Waals surface area contributed by atoms with Crippen LogP contribution < -0.4 is 0 Å². The lowest BCUT2D eigenvalue weighted by atomic mass is 9.77. The maximum absolute atomic E-state index is 2.34. The highest BCUT2D eigenvalue weighted by Gasteiger charge is 2.39. The Labute approximate surface area is 126 Å². The zero-order chi connectivity index (χ0) is 14.4. The third kappa shape index (κ3) is 1.69. The molecule has 2 aromatic rings. The van der Waals surface area contributed by atoms with Gasteiger partial charge in [-0.2, -0.15) is 0 Å². The molecule has 0 saturated carbocycles. The van der Waals surface area contributed by atoms with Crippen molar-refractivity contribution in [1.82, 2.24) is 0 Å². The van der Waals surface area contributed by atoms with Crippen molar-refractivity contribution in [3.8, 4) is 11.1 Å². The van der Waals surface area contributed by atoms with Gasteiger partial charge in [0.2, 0.25) is 0 Å². The van der Waals surface area contributed by atoms with E-state index in [1.165, 1.54) is 33.4 Å². The average molecular weight is 270 g/mol. The molecule has 0 heterocycles. The van der Waals surface area contributed by atoms with Gasteiger partial charge in [0, 0.05) is 0 Å². The Hall–Kier alpha value is -2.34. The number of hydrogen-bond acceptors (Lipinski definition) is 0. The van der Waals surface area contributed by atoms with Gasteiger partial charge in [-0.15, -0.1) is 0 Å². The van der Waals surface area contributed by atoms with Crippen molar-refractivity contribution in [2.75, 3.05) is 0 Å². The fraction of sp³-hybridized carbons (Fsp3) is 0.143. The Morgan fingerprint density at radius 1 is 0.619 bits per heavy atom. The van der Waals surface area contributed by atoms with E-state index in [1.807, 2.05) is 0 Å². The molecule has 1 spiro atoms. The standard InChI is InChI=1S/C21H18/c1-15-7-9-17-18-10-8-16(2)14-20(18)21(19(17)13-15)11-5-3-4-6-12-21/h3-14H,1-2H3. The van der Waals surface area contributed by atoms with Crippen LogP contribution in [-0.2, 0) is 5.41 Å². The topological polar surface area (TPSA) is 0 Å². The summed E-state index contributed by atoms with van der Waals surface area (Å²) in [5.41, 5.74) is 8.05. The number of allylic oxidation sites excluding steroid dienone is 6. The summed E-state index contributed by atoms with van der Waals surface area (Å²) in [6.45, 7) is 4.34.